The highest BCUT2D eigenvalue weighted by molar-refractivity contribution is 5.96. The predicted octanol–water partition coefficient (Wildman–Crippen LogP) is 2.41. The van der Waals surface area contributed by atoms with Gasteiger partial charge in [-0.1, -0.05) is 12.1 Å². The molecule has 0 saturated carbocycles. The molecule has 0 bridgehead atoms. The third-order valence-corrected chi connectivity index (χ3v) is 4.66. The summed E-state index contributed by atoms with van der Waals surface area (Å²) in [6, 6.07) is 14.4. The molecular weight excluding hydrogens is 382 g/mol. The van der Waals surface area contributed by atoms with Crippen LogP contribution in [0.25, 0.3) is 11.4 Å². The Kier molecular flexibility index (Phi) is 6.74. The van der Waals surface area contributed by atoms with E-state index in [4.69, 9.17) is 0 Å². The number of hydrogen-bond acceptors (Lipinski definition) is 6. The molecule has 2 N–H and O–H groups in total. The summed E-state index contributed by atoms with van der Waals surface area (Å²) in [5.41, 5.74) is 2.87. The van der Waals surface area contributed by atoms with Crippen molar-refractivity contribution in [3.05, 3.63) is 54.1 Å². The molecule has 2 amide bonds. The second kappa shape index (κ2) is 9.64. The molecule has 0 saturated heterocycles. The van der Waals surface area contributed by atoms with E-state index in [0.717, 1.165) is 11.3 Å². The Balaban J connectivity index is 1.56. The van der Waals surface area contributed by atoms with Crippen LogP contribution < -0.4 is 10.6 Å². The van der Waals surface area contributed by atoms with Gasteiger partial charge >= 0.3 is 0 Å². The lowest BCUT2D eigenvalue weighted by atomic mass is 10.1. The van der Waals surface area contributed by atoms with E-state index in [2.05, 4.69) is 26.2 Å². The summed E-state index contributed by atoms with van der Waals surface area (Å²) < 4.78 is 1.58. The minimum atomic E-state index is -0.191. The topological polar surface area (TPSA) is 105 Å². The van der Waals surface area contributed by atoms with Crippen molar-refractivity contribution in [2.24, 2.45) is 7.05 Å². The lowest BCUT2D eigenvalue weighted by molar-refractivity contribution is -0.114. The van der Waals surface area contributed by atoms with E-state index in [1.54, 1.807) is 40.9 Å². The Morgan fingerprint density at radius 3 is 2.40 bits per heavy atom. The molecule has 0 aliphatic rings. The van der Waals surface area contributed by atoms with Gasteiger partial charge in [0.2, 0.25) is 5.91 Å². The number of carbonyl (C=O) groups is 2. The van der Waals surface area contributed by atoms with E-state index < -0.39 is 0 Å². The highest BCUT2D eigenvalue weighted by Crippen LogP contribution is 2.19. The number of hydrogen-bond donors (Lipinski definition) is 2. The van der Waals surface area contributed by atoms with Gasteiger partial charge in [-0.2, -0.15) is 0 Å². The molecule has 0 radical (unpaired) electrons. The highest BCUT2D eigenvalue weighted by atomic mass is 16.2. The van der Waals surface area contributed by atoms with Crippen LogP contribution in [-0.4, -0.2) is 56.6 Å². The number of aromatic nitrogens is 4. The van der Waals surface area contributed by atoms with Crippen LogP contribution in [0.3, 0.4) is 0 Å². The number of aryl methyl sites for hydroxylation is 1. The number of benzene rings is 2. The zero-order chi connectivity index (χ0) is 21.5. The maximum absolute atomic E-state index is 12.3. The summed E-state index contributed by atoms with van der Waals surface area (Å²) in [5.74, 6) is 0.434. The molecule has 3 aromatic rings. The number of anilines is 2. The molecule has 0 unspecified atom stereocenters. The molecule has 3 rings (SSSR count). The average molecular weight is 407 g/mol. The van der Waals surface area contributed by atoms with Crippen LogP contribution >= 0.6 is 0 Å². The molecule has 156 valence electrons. The molecule has 30 heavy (non-hydrogen) atoms. The van der Waals surface area contributed by atoms with Crippen LogP contribution in [0.1, 0.15) is 24.2 Å². The SMILES string of the molecule is CCN(CC)C(=O)c1ccc(NC(=O)CNc2cccc(-c3nnnn3C)c2)cc1. The van der Waals surface area contributed by atoms with Gasteiger partial charge in [-0.25, -0.2) is 4.68 Å². The summed E-state index contributed by atoms with van der Waals surface area (Å²) >= 11 is 0. The Bertz CT molecular complexity index is 1010. The summed E-state index contributed by atoms with van der Waals surface area (Å²) in [7, 11) is 1.77. The van der Waals surface area contributed by atoms with Crippen molar-refractivity contribution in [3.63, 3.8) is 0 Å². The quantitative estimate of drug-likeness (QED) is 0.594. The zero-order valence-corrected chi connectivity index (χ0v) is 17.3. The van der Waals surface area contributed by atoms with E-state index in [-0.39, 0.29) is 18.4 Å². The standard InChI is InChI=1S/C21H25N7O2/c1-4-28(5-2)21(30)15-9-11-17(12-10-15)23-19(29)14-22-18-8-6-7-16(13-18)20-24-25-26-27(20)3/h6-13,22H,4-5,14H2,1-3H3,(H,23,29). The van der Waals surface area contributed by atoms with Crippen molar-refractivity contribution in [2.75, 3.05) is 30.3 Å². The van der Waals surface area contributed by atoms with Crippen molar-refractivity contribution >= 4 is 23.2 Å². The Hall–Kier alpha value is -3.75. The Labute approximate surface area is 175 Å². The van der Waals surface area contributed by atoms with E-state index in [1.807, 2.05) is 38.1 Å². The maximum Gasteiger partial charge on any atom is 0.253 e. The summed E-state index contributed by atoms with van der Waals surface area (Å²) in [6.07, 6.45) is 0. The molecule has 0 spiro atoms. The first-order valence-corrected chi connectivity index (χ1v) is 9.77. The summed E-state index contributed by atoms with van der Waals surface area (Å²) in [5, 5.41) is 17.4. The smallest absolute Gasteiger partial charge is 0.253 e. The minimum Gasteiger partial charge on any atom is -0.376 e. The molecule has 9 nitrogen and oxygen atoms in total. The first-order valence-electron chi connectivity index (χ1n) is 9.77. The van der Waals surface area contributed by atoms with E-state index in [9.17, 15) is 9.59 Å². The third kappa shape index (κ3) is 4.99. The fourth-order valence-corrected chi connectivity index (χ4v) is 3.02. The summed E-state index contributed by atoms with van der Waals surface area (Å²) in [6.45, 7) is 5.31. The molecule has 0 aliphatic heterocycles. The van der Waals surface area contributed by atoms with Crippen LogP contribution in [0, 0.1) is 0 Å². The molecule has 1 aromatic heterocycles. The monoisotopic (exact) mass is 407 g/mol. The van der Waals surface area contributed by atoms with Gasteiger partial charge in [-0.3, -0.25) is 9.59 Å². The molecule has 2 aromatic carbocycles. The second-order valence-corrected chi connectivity index (χ2v) is 6.66. The van der Waals surface area contributed by atoms with Gasteiger partial charge in [0.05, 0.1) is 6.54 Å². The molecular formula is C21H25N7O2. The number of tetrazole rings is 1. The van der Waals surface area contributed by atoms with Crippen molar-refractivity contribution in [2.45, 2.75) is 13.8 Å². The molecule has 0 fully saturated rings. The van der Waals surface area contributed by atoms with Crippen molar-refractivity contribution < 1.29 is 9.59 Å². The van der Waals surface area contributed by atoms with Crippen molar-refractivity contribution in [1.29, 1.82) is 0 Å². The predicted molar refractivity (Wildman–Crippen MR) is 115 cm³/mol. The van der Waals surface area contributed by atoms with Gasteiger partial charge in [0, 0.05) is 42.6 Å². The van der Waals surface area contributed by atoms with Crippen LogP contribution in [0.15, 0.2) is 48.5 Å². The van der Waals surface area contributed by atoms with Crippen molar-refractivity contribution in [1.82, 2.24) is 25.1 Å². The van der Waals surface area contributed by atoms with Gasteiger partial charge < -0.3 is 15.5 Å². The van der Waals surface area contributed by atoms with Crippen LogP contribution in [0.5, 0.6) is 0 Å². The normalized spacial score (nSPS) is 10.5. The van der Waals surface area contributed by atoms with Crippen molar-refractivity contribution in [3.8, 4) is 11.4 Å². The Morgan fingerprint density at radius 2 is 1.77 bits per heavy atom. The summed E-state index contributed by atoms with van der Waals surface area (Å²) in [4.78, 5) is 26.4. The van der Waals surface area contributed by atoms with Gasteiger partial charge in [-0.05, 0) is 60.7 Å². The van der Waals surface area contributed by atoms with E-state index in [1.165, 1.54) is 0 Å². The van der Waals surface area contributed by atoms with Crippen LogP contribution in [0.2, 0.25) is 0 Å². The molecule has 0 atom stereocenters. The number of nitrogens with zero attached hydrogens (tertiary/aromatic N) is 5. The maximum atomic E-state index is 12.3. The fourth-order valence-electron chi connectivity index (χ4n) is 3.02. The van der Waals surface area contributed by atoms with Gasteiger partial charge in [0.1, 0.15) is 0 Å². The molecule has 1 heterocycles. The first kappa shape index (κ1) is 21.0. The van der Waals surface area contributed by atoms with E-state index >= 15 is 0 Å². The number of amides is 2. The molecule has 9 heteroatoms. The first-order chi connectivity index (χ1) is 14.5. The fraction of sp³-hybridized carbons (Fsp3) is 0.286. The average Bonchev–Trinajstić information content (AvgIpc) is 3.20. The minimum absolute atomic E-state index is 0.0162. The third-order valence-electron chi connectivity index (χ3n) is 4.66. The number of nitrogens with one attached hydrogen (secondary N) is 2. The Morgan fingerprint density at radius 1 is 1.03 bits per heavy atom. The molecule has 0 aliphatic carbocycles. The zero-order valence-electron chi connectivity index (χ0n) is 17.3. The van der Waals surface area contributed by atoms with Crippen LogP contribution in [0.4, 0.5) is 11.4 Å². The van der Waals surface area contributed by atoms with Gasteiger partial charge in [0.25, 0.3) is 5.91 Å². The largest absolute Gasteiger partial charge is 0.376 e. The second-order valence-electron chi connectivity index (χ2n) is 6.66. The van der Waals surface area contributed by atoms with Gasteiger partial charge in [0.15, 0.2) is 5.82 Å². The lowest BCUT2D eigenvalue weighted by Gasteiger charge is -2.18. The lowest BCUT2D eigenvalue weighted by Crippen LogP contribution is -2.30. The number of carbonyl (C=O) groups excluding carboxylic acids is 2. The van der Waals surface area contributed by atoms with E-state index in [0.29, 0.717) is 30.2 Å². The highest BCUT2D eigenvalue weighted by Gasteiger charge is 2.12. The van der Waals surface area contributed by atoms with Gasteiger partial charge in [-0.15, -0.1) is 5.10 Å². The van der Waals surface area contributed by atoms with Crippen LogP contribution in [-0.2, 0) is 11.8 Å². The number of rotatable bonds is 8.